The Morgan fingerprint density at radius 2 is 1.68 bits per heavy atom. The average molecular weight is 741 g/mol. The van der Waals surface area contributed by atoms with E-state index in [1.165, 1.54) is 30.0 Å². The molecule has 4 aromatic heterocycles. The molecule has 53 heavy (non-hydrogen) atoms. The van der Waals surface area contributed by atoms with Crippen molar-refractivity contribution in [2.45, 2.75) is 19.0 Å². The highest BCUT2D eigenvalue weighted by molar-refractivity contribution is 6.45. The van der Waals surface area contributed by atoms with Gasteiger partial charge in [0.15, 0.2) is 5.82 Å². The topological polar surface area (TPSA) is 211 Å². The van der Waals surface area contributed by atoms with Gasteiger partial charge in [-0.2, -0.15) is 23.0 Å². The highest BCUT2D eigenvalue weighted by Gasteiger charge is 2.38. The van der Waals surface area contributed by atoms with Gasteiger partial charge in [-0.3, -0.25) is 19.5 Å². The van der Waals surface area contributed by atoms with Gasteiger partial charge >= 0.3 is 12.1 Å². The summed E-state index contributed by atoms with van der Waals surface area (Å²) in [4.78, 5) is 61.1. The third-order valence-electron chi connectivity index (χ3n) is 8.63. The molecule has 2 amide bonds. The summed E-state index contributed by atoms with van der Waals surface area (Å²) >= 11 is 0. The Labute approximate surface area is 296 Å². The molecule has 17 nitrogen and oxygen atoms in total. The number of anilines is 1. The number of H-pyrrole nitrogens is 2. The summed E-state index contributed by atoms with van der Waals surface area (Å²) in [6.07, 6.45) is -0.448. The van der Waals surface area contributed by atoms with Crippen molar-refractivity contribution in [3.05, 3.63) is 65.9 Å². The Morgan fingerprint density at radius 1 is 0.981 bits per heavy atom. The van der Waals surface area contributed by atoms with Crippen molar-refractivity contribution in [3.8, 4) is 17.1 Å². The number of pyridine rings is 1. The summed E-state index contributed by atoms with van der Waals surface area (Å²) < 4.78 is 48.5. The number of para-hydroxylation sites is 1. The molecule has 1 aromatic carbocycles. The number of benzene rings is 1. The fourth-order valence-corrected chi connectivity index (χ4v) is 5.95. The number of rotatable bonds is 9. The first-order valence-corrected chi connectivity index (χ1v) is 16.4. The van der Waals surface area contributed by atoms with E-state index >= 15 is 4.39 Å². The number of aromatic amines is 2. The maximum atomic E-state index is 15.1. The largest absolute Gasteiger partial charge is 0.490 e. The maximum absolute atomic E-state index is 15.1. The number of carboxylic acid groups (broad SMARTS) is 1. The van der Waals surface area contributed by atoms with Crippen molar-refractivity contribution < 1.29 is 41.8 Å². The van der Waals surface area contributed by atoms with E-state index in [0.29, 0.717) is 25.6 Å². The first kappa shape index (κ1) is 36.5. The van der Waals surface area contributed by atoms with Gasteiger partial charge in [-0.1, -0.05) is 23.3 Å². The van der Waals surface area contributed by atoms with Gasteiger partial charge in [0.2, 0.25) is 5.95 Å². The average Bonchev–Trinajstić information content (AvgIpc) is 3.99. The molecule has 2 saturated heterocycles. The van der Waals surface area contributed by atoms with Crippen molar-refractivity contribution in [2.24, 2.45) is 0 Å². The second-order valence-electron chi connectivity index (χ2n) is 12.0. The van der Waals surface area contributed by atoms with Gasteiger partial charge in [-0.15, -0.1) is 0 Å². The van der Waals surface area contributed by atoms with E-state index in [-0.39, 0.29) is 52.5 Å². The first-order chi connectivity index (χ1) is 25.4. The second kappa shape index (κ2) is 15.6. The number of piperazine rings is 1. The minimum atomic E-state index is -5.08. The monoisotopic (exact) mass is 740 g/mol. The van der Waals surface area contributed by atoms with Crippen LogP contribution in [-0.4, -0.2) is 137 Å². The number of Topliss-reactive ketones (excluding diaryl/α,β-unsaturated/α-hetero) is 1. The molecule has 2 aliphatic rings. The van der Waals surface area contributed by atoms with E-state index in [2.05, 4.69) is 45.9 Å². The van der Waals surface area contributed by atoms with Gasteiger partial charge in [0.05, 0.1) is 28.4 Å². The molecule has 0 bridgehead atoms. The van der Waals surface area contributed by atoms with Crippen LogP contribution in [0.15, 0.2) is 48.8 Å². The number of fused-ring (bicyclic) bond motifs is 1. The molecule has 0 saturated carbocycles. The lowest BCUT2D eigenvalue weighted by molar-refractivity contribution is -0.192. The summed E-state index contributed by atoms with van der Waals surface area (Å²) in [6.45, 7) is 4.65. The van der Waals surface area contributed by atoms with Crippen LogP contribution in [0.3, 0.4) is 0 Å². The second-order valence-corrected chi connectivity index (χ2v) is 12.0. The van der Waals surface area contributed by atoms with E-state index in [9.17, 15) is 27.6 Å². The minimum absolute atomic E-state index is 0.0661. The number of amides is 2. The molecule has 0 unspecified atom stereocenters. The maximum Gasteiger partial charge on any atom is 0.490 e. The molecule has 0 radical (unpaired) electrons. The third kappa shape index (κ3) is 8.14. The van der Waals surface area contributed by atoms with Crippen LogP contribution >= 0.6 is 0 Å². The van der Waals surface area contributed by atoms with E-state index in [1.807, 2.05) is 35.2 Å². The van der Waals surface area contributed by atoms with Crippen LogP contribution in [0, 0.1) is 5.82 Å². The first-order valence-electron chi connectivity index (χ1n) is 16.4. The van der Waals surface area contributed by atoms with Crippen LogP contribution in [0.2, 0.25) is 0 Å². The summed E-state index contributed by atoms with van der Waals surface area (Å²) in [6, 6.07) is 11.0. The van der Waals surface area contributed by atoms with E-state index in [1.54, 1.807) is 4.68 Å². The standard InChI is InChI=1S/C30H31FN12O3.C2HF3O2/c31-21-18-34-25(22-16-23(36-35-22)28(45)32-8-11-40-9-4-5-10-40)26-24(21)20(17-33-26)27(44)29(46)41-12-14-42(15-13-41)30-37-38-39-43(30)19-6-2-1-3-7-19;3-2(4,5)1(6)7/h1-3,6-7,16-18,33H,4-5,8-15H2,(H,32,45)(H,35,36);(H,6,7). The number of likely N-dealkylation sites (tertiary alicyclic amines) is 1. The summed E-state index contributed by atoms with van der Waals surface area (Å²) in [5.41, 5.74) is 1.64. The lowest BCUT2D eigenvalue weighted by Gasteiger charge is -2.34. The molecular weight excluding hydrogens is 708 g/mol. The van der Waals surface area contributed by atoms with Crippen LogP contribution in [0.25, 0.3) is 28.0 Å². The zero-order chi connectivity index (χ0) is 37.7. The highest BCUT2D eigenvalue weighted by atomic mass is 19.4. The molecule has 0 spiro atoms. The van der Waals surface area contributed by atoms with Crippen molar-refractivity contribution in [1.82, 2.24) is 55.5 Å². The van der Waals surface area contributed by atoms with E-state index in [0.717, 1.165) is 31.5 Å². The van der Waals surface area contributed by atoms with Crippen LogP contribution < -0.4 is 10.2 Å². The number of aliphatic carboxylic acids is 1. The lowest BCUT2D eigenvalue weighted by atomic mass is 10.1. The number of hydrogen-bond donors (Lipinski definition) is 4. The molecule has 2 aliphatic heterocycles. The molecule has 7 rings (SSSR count). The molecule has 0 atom stereocenters. The van der Waals surface area contributed by atoms with Gasteiger partial charge in [0.1, 0.15) is 17.1 Å². The predicted octanol–water partition coefficient (Wildman–Crippen LogP) is 2.06. The van der Waals surface area contributed by atoms with Crippen molar-refractivity contribution in [1.29, 1.82) is 0 Å². The van der Waals surface area contributed by atoms with Gasteiger partial charge in [0, 0.05) is 45.5 Å². The lowest BCUT2D eigenvalue weighted by Crippen LogP contribution is -2.51. The highest BCUT2D eigenvalue weighted by Crippen LogP contribution is 2.30. The molecule has 4 N–H and O–H groups in total. The molecule has 0 aliphatic carbocycles. The number of nitrogens with one attached hydrogen (secondary N) is 3. The number of carbonyl (C=O) groups is 4. The Balaban J connectivity index is 0.000000626. The fraction of sp³-hybridized carbons (Fsp3) is 0.344. The van der Waals surface area contributed by atoms with Crippen LogP contribution in [0.4, 0.5) is 23.5 Å². The number of carboxylic acids is 1. The zero-order valence-electron chi connectivity index (χ0n) is 27.8. The van der Waals surface area contributed by atoms with Crippen molar-refractivity contribution in [3.63, 3.8) is 0 Å². The number of carbonyl (C=O) groups excluding carboxylic acids is 3. The van der Waals surface area contributed by atoms with Gasteiger partial charge in [0.25, 0.3) is 17.6 Å². The Morgan fingerprint density at radius 3 is 2.36 bits per heavy atom. The summed E-state index contributed by atoms with van der Waals surface area (Å²) in [5, 5.41) is 28.9. The Hall–Kier alpha value is -6.25. The number of aromatic nitrogens is 8. The zero-order valence-corrected chi connectivity index (χ0v) is 27.8. The number of tetrazole rings is 1. The van der Waals surface area contributed by atoms with Crippen LogP contribution in [0.5, 0.6) is 0 Å². The number of ketones is 1. The van der Waals surface area contributed by atoms with Gasteiger partial charge < -0.3 is 30.1 Å². The number of nitrogens with zero attached hydrogens (tertiary/aromatic N) is 9. The number of hydrogen-bond acceptors (Lipinski definition) is 11. The van der Waals surface area contributed by atoms with Crippen LogP contribution in [0.1, 0.15) is 33.7 Å². The van der Waals surface area contributed by atoms with Crippen molar-refractivity contribution >= 4 is 40.4 Å². The molecule has 2 fully saturated rings. The van der Waals surface area contributed by atoms with Gasteiger partial charge in [-0.25, -0.2) is 14.2 Å². The fourth-order valence-electron chi connectivity index (χ4n) is 5.95. The SMILES string of the molecule is O=C(NCCN1CCCC1)c1cc(-c2ncc(F)c3c(C(=O)C(=O)N4CCN(c5nnnn5-c5ccccc5)CC4)c[nH]c23)n[nH]1.O=C(O)C(F)(F)F. The summed E-state index contributed by atoms with van der Waals surface area (Å²) in [5.74, 6) is -4.89. The molecule has 21 heteroatoms. The van der Waals surface area contributed by atoms with E-state index in [4.69, 9.17) is 9.90 Å². The van der Waals surface area contributed by atoms with Crippen molar-refractivity contribution in [2.75, 3.05) is 57.3 Å². The molecular formula is C32H32F4N12O5. The summed E-state index contributed by atoms with van der Waals surface area (Å²) in [7, 11) is 0. The number of halogens is 4. The molecule has 5 aromatic rings. The normalized spacial score (nSPS) is 14.9. The molecule has 6 heterocycles. The quantitative estimate of drug-likeness (QED) is 0.0972. The van der Waals surface area contributed by atoms with E-state index < -0.39 is 29.7 Å². The van der Waals surface area contributed by atoms with Gasteiger partial charge in [-0.05, 0) is 54.6 Å². The Bertz CT molecular complexity index is 2100. The Kier molecular flexibility index (Phi) is 10.7. The third-order valence-corrected chi connectivity index (χ3v) is 8.63. The minimum Gasteiger partial charge on any atom is -0.475 e. The smallest absolute Gasteiger partial charge is 0.475 e. The number of alkyl halides is 3. The predicted molar refractivity (Wildman–Crippen MR) is 178 cm³/mol. The molecule has 278 valence electrons. The van der Waals surface area contributed by atoms with Crippen LogP contribution in [-0.2, 0) is 9.59 Å².